The Morgan fingerprint density at radius 3 is 2.44 bits per heavy atom. The third kappa shape index (κ3) is 5.44. The van der Waals surface area contributed by atoms with Crippen LogP contribution < -0.4 is 10.0 Å². The highest BCUT2D eigenvalue weighted by Gasteiger charge is 2.25. The second-order valence-corrected chi connectivity index (χ2v) is 7.80. The molecule has 2 atom stereocenters. The van der Waals surface area contributed by atoms with Gasteiger partial charge in [0.05, 0.1) is 23.6 Å². The van der Waals surface area contributed by atoms with Gasteiger partial charge in [-0.05, 0) is 44.5 Å². The van der Waals surface area contributed by atoms with E-state index in [1.165, 1.54) is 18.4 Å². The molecule has 0 unspecified atom stereocenters. The van der Waals surface area contributed by atoms with Gasteiger partial charge >= 0.3 is 0 Å². The summed E-state index contributed by atoms with van der Waals surface area (Å²) in [5, 5.41) is 2.84. The maximum atomic E-state index is 12.6. The molecule has 0 bridgehead atoms. The van der Waals surface area contributed by atoms with E-state index in [1.54, 1.807) is 24.3 Å². The lowest BCUT2D eigenvalue weighted by atomic mass is 10.1. The first kappa shape index (κ1) is 19.2. The fourth-order valence-corrected chi connectivity index (χ4v) is 3.49. The van der Waals surface area contributed by atoms with Crippen LogP contribution in [0.2, 0.25) is 0 Å². The summed E-state index contributed by atoms with van der Waals surface area (Å²) in [6.07, 6.45) is 2.21. The van der Waals surface area contributed by atoms with E-state index in [0.717, 1.165) is 12.0 Å². The van der Waals surface area contributed by atoms with Gasteiger partial charge < -0.3 is 9.73 Å². The first-order valence-electron chi connectivity index (χ1n) is 8.23. The van der Waals surface area contributed by atoms with Crippen LogP contribution in [-0.4, -0.2) is 20.4 Å². The predicted molar refractivity (Wildman–Crippen MR) is 95.5 cm³/mol. The van der Waals surface area contributed by atoms with E-state index in [-0.39, 0.29) is 23.3 Å². The molecule has 0 aliphatic rings. The molecule has 6 nitrogen and oxygen atoms in total. The third-order valence-corrected chi connectivity index (χ3v) is 5.41. The fourth-order valence-electron chi connectivity index (χ4n) is 2.28. The van der Waals surface area contributed by atoms with E-state index in [1.807, 2.05) is 20.8 Å². The summed E-state index contributed by atoms with van der Waals surface area (Å²) >= 11 is 0. The topological polar surface area (TPSA) is 88.4 Å². The minimum Gasteiger partial charge on any atom is -0.468 e. The molecule has 136 valence electrons. The molecule has 0 aliphatic carbocycles. The van der Waals surface area contributed by atoms with Gasteiger partial charge in [-0.1, -0.05) is 24.6 Å². The molecule has 1 amide bonds. The third-order valence-electron chi connectivity index (χ3n) is 3.92. The van der Waals surface area contributed by atoms with Crippen molar-refractivity contribution < 1.29 is 17.6 Å². The molecule has 0 spiro atoms. The molecule has 1 aromatic heterocycles. The molecule has 0 radical (unpaired) electrons. The molecule has 0 saturated heterocycles. The van der Waals surface area contributed by atoms with Crippen molar-refractivity contribution in [2.24, 2.45) is 0 Å². The zero-order chi connectivity index (χ0) is 18.4. The number of hydrogen-bond donors (Lipinski definition) is 2. The number of aryl methyl sites for hydroxylation is 1. The summed E-state index contributed by atoms with van der Waals surface area (Å²) in [7, 11) is -3.77. The number of nitrogens with one attached hydrogen (secondary N) is 2. The van der Waals surface area contributed by atoms with E-state index in [4.69, 9.17) is 4.42 Å². The monoisotopic (exact) mass is 364 g/mol. The predicted octanol–water partition coefficient (Wildman–Crippen LogP) is 2.91. The van der Waals surface area contributed by atoms with Crippen LogP contribution in [0, 0.1) is 6.92 Å². The Hall–Kier alpha value is -2.12. The Morgan fingerprint density at radius 1 is 1.20 bits per heavy atom. The van der Waals surface area contributed by atoms with Gasteiger partial charge in [-0.15, -0.1) is 0 Å². The molecule has 25 heavy (non-hydrogen) atoms. The summed E-state index contributed by atoms with van der Waals surface area (Å²) in [4.78, 5) is 12.3. The number of sulfonamides is 1. The Balaban J connectivity index is 2.19. The van der Waals surface area contributed by atoms with Crippen LogP contribution in [0.15, 0.2) is 52.0 Å². The average molecular weight is 364 g/mol. The number of carbonyl (C=O) groups is 1. The molecule has 2 rings (SSSR count). The Bertz CT molecular complexity index is 783. The molecule has 2 N–H and O–H groups in total. The Morgan fingerprint density at radius 2 is 1.88 bits per heavy atom. The first-order chi connectivity index (χ1) is 11.8. The van der Waals surface area contributed by atoms with E-state index in [2.05, 4.69) is 10.0 Å². The van der Waals surface area contributed by atoms with E-state index in [9.17, 15) is 13.2 Å². The lowest BCUT2D eigenvalue weighted by Gasteiger charge is -2.18. The SMILES string of the molecule is CC[C@H](C)NC(=O)C[C@H](NS(=O)(=O)c1ccc(C)cc1)c1ccco1. The van der Waals surface area contributed by atoms with Crippen LogP contribution >= 0.6 is 0 Å². The summed E-state index contributed by atoms with van der Waals surface area (Å²) in [5.74, 6) is 0.164. The maximum Gasteiger partial charge on any atom is 0.241 e. The van der Waals surface area contributed by atoms with E-state index < -0.39 is 16.1 Å². The van der Waals surface area contributed by atoms with Gasteiger partial charge in [0.25, 0.3) is 0 Å². The van der Waals surface area contributed by atoms with Gasteiger partial charge in [0.1, 0.15) is 5.76 Å². The Kier molecular flexibility index (Phi) is 6.39. The van der Waals surface area contributed by atoms with Crippen molar-refractivity contribution in [3.63, 3.8) is 0 Å². The average Bonchev–Trinajstić information content (AvgIpc) is 3.08. The van der Waals surface area contributed by atoms with Crippen molar-refractivity contribution in [2.45, 2.75) is 50.6 Å². The molecule has 1 heterocycles. The fraction of sp³-hybridized carbons (Fsp3) is 0.389. The Labute approximate surface area is 148 Å². The smallest absolute Gasteiger partial charge is 0.241 e. The zero-order valence-corrected chi connectivity index (χ0v) is 15.5. The minimum atomic E-state index is -3.77. The van der Waals surface area contributed by atoms with Crippen LogP contribution in [0.3, 0.4) is 0 Å². The van der Waals surface area contributed by atoms with E-state index in [0.29, 0.717) is 5.76 Å². The minimum absolute atomic E-state index is 0.0263. The highest BCUT2D eigenvalue weighted by molar-refractivity contribution is 7.89. The first-order valence-corrected chi connectivity index (χ1v) is 9.72. The molecule has 0 saturated carbocycles. The number of amides is 1. The van der Waals surface area contributed by atoms with Gasteiger partial charge in [0.15, 0.2) is 0 Å². The van der Waals surface area contributed by atoms with Crippen LogP contribution in [0.25, 0.3) is 0 Å². The van der Waals surface area contributed by atoms with Crippen LogP contribution in [0.4, 0.5) is 0 Å². The molecule has 7 heteroatoms. The molecule has 1 aromatic carbocycles. The molecular formula is C18H24N2O4S. The van der Waals surface area contributed by atoms with Crippen LogP contribution in [0.5, 0.6) is 0 Å². The van der Waals surface area contributed by atoms with Crippen LogP contribution in [-0.2, 0) is 14.8 Å². The summed E-state index contributed by atoms with van der Waals surface area (Å²) in [6, 6.07) is 9.10. The lowest BCUT2D eigenvalue weighted by molar-refractivity contribution is -0.122. The standard InChI is InChI=1S/C18H24N2O4S/c1-4-14(3)19-18(21)12-16(17-6-5-11-24-17)20-25(22,23)15-9-7-13(2)8-10-15/h5-11,14,16,20H,4,12H2,1-3H3,(H,19,21)/t14-,16-/m0/s1. The second-order valence-electron chi connectivity index (χ2n) is 6.08. The number of furan rings is 1. The highest BCUT2D eigenvalue weighted by atomic mass is 32.2. The van der Waals surface area contributed by atoms with Gasteiger partial charge in [-0.25, -0.2) is 8.42 Å². The molecule has 2 aromatic rings. The zero-order valence-electron chi connectivity index (χ0n) is 14.7. The summed E-state index contributed by atoms with van der Waals surface area (Å²) in [5.41, 5.74) is 0.967. The molecule has 0 fully saturated rings. The molecular weight excluding hydrogens is 340 g/mol. The van der Waals surface area contributed by atoms with Crippen molar-refractivity contribution in [1.82, 2.24) is 10.0 Å². The normalized spacial score (nSPS) is 14.0. The van der Waals surface area contributed by atoms with Crippen molar-refractivity contribution >= 4 is 15.9 Å². The summed E-state index contributed by atoms with van der Waals surface area (Å²) < 4.78 is 33.1. The molecule has 0 aliphatic heterocycles. The van der Waals surface area contributed by atoms with Gasteiger partial charge in [0, 0.05) is 6.04 Å². The van der Waals surface area contributed by atoms with Gasteiger partial charge in [-0.3, -0.25) is 4.79 Å². The number of carbonyl (C=O) groups excluding carboxylic acids is 1. The van der Waals surface area contributed by atoms with Gasteiger partial charge in [-0.2, -0.15) is 4.72 Å². The van der Waals surface area contributed by atoms with Crippen molar-refractivity contribution in [3.8, 4) is 0 Å². The number of benzene rings is 1. The maximum absolute atomic E-state index is 12.6. The van der Waals surface area contributed by atoms with Crippen LogP contribution in [0.1, 0.15) is 44.1 Å². The van der Waals surface area contributed by atoms with Crippen molar-refractivity contribution in [1.29, 1.82) is 0 Å². The largest absolute Gasteiger partial charge is 0.468 e. The second kappa shape index (κ2) is 8.31. The van der Waals surface area contributed by atoms with Crippen molar-refractivity contribution in [3.05, 3.63) is 54.0 Å². The van der Waals surface area contributed by atoms with E-state index >= 15 is 0 Å². The number of rotatable bonds is 8. The highest BCUT2D eigenvalue weighted by Crippen LogP contribution is 2.21. The number of hydrogen-bond acceptors (Lipinski definition) is 4. The van der Waals surface area contributed by atoms with Gasteiger partial charge in [0.2, 0.25) is 15.9 Å². The van der Waals surface area contributed by atoms with Crippen molar-refractivity contribution in [2.75, 3.05) is 0 Å². The summed E-state index contributed by atoms with van der Waals surface area (Å²) in [6.45, 7) is 5.75. The lowest BCUT2D eigenvalue weighted by Crippen LogP contribution is -2.37. The quantitative estimate of drug-likeness (QED) is 0.754.